The zero-order valence-corrected chi connectivity index (χ0v) is 20.3. The molecule has 1 saturated carbocycles. The first-order chi connectivity index (χ1) is 16.3. The molecule has 6 atom stereocenters. The van der Waals surface area contributed by atoms with Gasteiger partial charge >= 0.3 is 23.9 Å². The molecule has 3 rings (SSSR count). The third-order valence-electron chi connectivity index (χ3n) is 6.36. The van der Waals surface area contributed by atoms with Crippen LogP contribution < -0.4 is 0 Å². The largest absolute Gasteiger partial charge is 0.461 e. The van der Waals surface area contributed by atoms with Gasteiger partial charge in [-0.15, -0.1) is 0 Å². The van der Waals surface area contributed by atoms with E-state index in [0.29, 0.717) is 5.57 Å². The fraction of sp³-hybridized carbons (Fsp3) is 0.625. The molecule has 2 heterocycles. The molecule has 2 fully saturated rings. The number of aliphatic hydroxyl groups excluding tert-OH is 1. The molecule has 11 heteroatoms. The zero-order chi connectivity index (χ0) is 26.1. The minimum Gasteiger partial charge on any atom is -0.461 e. The van der Waals surface area contributed by atoms with Crippen LogP contribution in [0.1, 0.15) is 47.5 Å². The van der Waals surface area contributed by atoms with Crippen LogP contribution in [-0.2, 0) is 47.7 Å². The summed E-state index contributed by atoms with van der Waals surface area (Å²) < 4.78 is 26.8. The van der Waals surface area contributed by atoms with Crippen LogP contribution in [0.5, 0.6) is 0 Å². The number of fused-ring (bicyclic) bond motifs is 3. The molecular formula is C24H30O11. The highest BCUT2D eigenvalue weighted by Crippen LogP contribution is 2.49. The normalized spacial score (nSPS) is 32.7. The molecule has 0 amide bonds. The number of aliphatic hydroxyl groups is 1. The summed E-state index contributed by atoms with van der Waals surface area (Å²) in [5.74, 6) is -3.59. The van der Waals surface area contributed by atoms with Crippen LogP contribution in [0.3, 0.4) is 0 Å². The van der Waals surface area contributed by atoms with Crippen molar-refractivity contribution in [2.45, 2.75) is 77.5 Å². The number of Topliss-reactive ketones (excluding diaryl/α,β-unsaturated/α-hetero) is 1. The molecule has 0 aromatic rings. The molecule has 0 aromatic heterocycles. The van der Waals surface area contributed by atoms with E-state index in [-0.39, 0.29) is 36.4 Å². The summed E-state index contributed by atoms with van der Waals surface area (Å²) in [7, 11) is 0. The van der Waals surface area contributed by atoms with Crippen molar-refractivity contribution in [1.82, 2.24) is 0 Å². The van der Waals surface area contributed by atoms with E-state index < -0.39 is 66.4 Å². The van der Waals surface area contributed by atoms with Gasteiger partial charge in [-0.1, -0.05) is 6.92 Å². The average Bonchev–Trinajstić information content (AvgIpc) is 3.34. The lowest BCUT2D eigenvalue weighted by Crippen LogP contribution is -2.41. The molecule has 1 N–H and O–H groups in total. The standard InChI is InChI=1S/C24H30O11/c1-11(9-31-13(3)25)6-19(29)33-17-7-12(2)16(27)8-18(28)24(5)22(35-24)21-20(17)15(23(30)34-21)10-32-14(4)26/h6,12,17-18,21-22,28H,7-10H2,1-5H3/b11-6-/t12-,17-,18-,21-,22+,24+/m0/s1. The van der Waals surface area contributed by atoms with Crippen molar-refractivity contribution >= 4 is 29.7 Å². The van der Waals surface area contributed by atoms with Crippen LogP contribution in [0.15, 0.2) is 22.8 Å². The smallest absolute Gasteiger partial charge is 0.338 e. The van der Waals surface area contributed by atoms with Gasteiger partial charge < -0.3 is 28.8 Å². The Kier molecular flexibility index (Phi) is 7.80. The summed E-state index contributed by atoms with van der Waals surface area (Å²) in [6.07, 6.45) is -3.00. The predicted molar refractivity (Wildman–Crippen MR) is 116 cm³/mol. The van der Waals surface area contributed by atoms with E-state index in [1.54, 1.807) is 20.8 Å². The number of carbonyl (C=O) groups excluding carboxylic acids is 5. The number of carbonyl (C=O) groups is 5. The molecule has 0 radical (unpaired) electrons. The minimum atomic E-state index is -1.14. The Bertz CT molecular complexity index is 993. The third kappa shape index (κ3) is 5.96. The van der Waals surface area contributed by atoms with Crippen LogP contribution in [0.25, 0.3) is 0 Å². The van der Waals surface area contributed by atoms with E-state index in [0.717, 1.165) is 6.08 Å². The molecule has 0 unspecified atom stereocenters. The Labute approximate surface area is 202 Å². The highest BCUT2D eigenvalue weighted by molar-refractivity contribution is 5.94. The fourth-order valence-corrected chi connectivity index (χ4v) is 4.25. The molecule has 1 aliphatic carbocycles. The third-order valence-corrected chi connectivity index (χ3v) is 6.36. The maximum Gasteiger partial charge on any atom is 0.338 e. The molecule has 1 saturated heterocycles. The average molecular weight is 494 g/mol. The molecule has 2 aliphatic heterocycles. The molecule has 192 valence electrons. The predicted octanol–water partition coefficient (Wildman–Crippen LogP) is 0.710. The van der Waals surface area contributed by atoms with Crippen molar-refractivity contribution in [2.24, 2.45) is 5.92 Å². The summed E-state index contributed by atoms with van der Waals surface area (Å²) >= 11 is 0. The van der Waals surface area contributed by atoms with Gasteiger partial charge in [0.1, 0.15) is 36.8 Å². The molecule has 0 spiro atoms. The minimum absolute atomic E-state index is 0.00354. The zero-order valence-electron chi connectivity index (χ0n) is 20.3. The van der Waals surface area contributed by atoms with E-state index in [1.165, 1.54) is 13.8 Å². The molecule has 11 nitrogen and oxygen atoms in total. The van der Waals surface area contributed by atoms with Gasteiger partial charge in [-0.2, -0.15) is 0 Å². The summed E-state index contributed by atoms with van der Waals surface area (Å²) in [6.45, 7) is 6.71. The Balaban J connectivity index is 1.98. The van der Waals surface area contributed by atoms with Crippen LogP contribution in [0, 0.1) is 5.92 Å². The number of rotatable bonds is 6. The number of esters is 4. The van der Waals surface area contributed by atoms with E-state index in [1.807, 2.05) is 0 Å². The Hall–Kier alpha value is -3.05. The van der Waals surface area contributed by atoms with Crippen LogP contribution in [-0.4, -0.2) is 78.0 Å². The summed E-state index contributed by atoms with van der Waals surface area (Å²) in [5.41, 5.74) is -0.497. The number of hydrogen-bond acceptors (Lipinski definition) is 11. The lowest BCUT2D eigenvalue weighted by molar-refractivity contribution is -0.145. The number of epoxide rings is 1. The lowest BCUT2D eigenvalue weighted by atomic mass is 9.82. The van der Waals surface area contributed by atoms with E-state index in [9.17, 15) is 29.1 Å². The first-order valence-corrected chi connectivity index (χ1v) is 11.3. The van der Waals surface area contributed by atoms with Gasteiger partial charge in [0.15, 0.2) is 6.10 Å². The van der Waals surface area contributed by atoms with E-state index in [2.05, 4.69) is 0 Å². The van der Waals surface area contributed by atoms with Gasteiger partial charge in [0, 0.05) is 37.8 Å². The molecule has 35 heavy (non-hydrogen) atoms. The highest BCUT2D eigenvalue weighted by Gasteiger charge is 2.65. The van der Waals surface area contributed by atoms with Crippen molar-refractivity contribution in [3.05, 3.63) is 22.8 Å². The SMILES string of the molecule is CC(=O)OCC1=C2[C@@H](OC(=O)/C=C(/C)COC(C)=O)C[C@H](C)C(=O)C[C@H](O)[C@@]3(C)O[C@@H]3[C@H]2OC1=O. The maximum atomic E-state index is 12.8. The summed E-state index contributed by atoms with van der Waals surface area (Å²) in [6, 6.07) is 0. The van der Waals surface area contributed by atoms with Crippen LogP contribution >= 0.6 is 0 Å². The Morgan fingerprint density at radius 3 is 2.43 bits per heavy atom. The second-order valence-electron chi connectivity index (χ2n) is 9.28. The van der Waals surface area contributed by atoms with Crippen molar-refractivity contribution < 1.29 is 52.8 Å². The Morgan fingerprint density at radius 1 is 1.14 bits per heavy atom. The van der Waals surface area contributed by atoms with Gasteiger partial charge in [-0.25, -0.2) is 9.59 Å². The quantitative estimate of drug-likeness (QED) is 0.240. The number of hydrogen-bond donors (Lipinski definition) is 1. The van der Waals surface area contributed by atoms with Crippen molar-refractivity contribution in [2.75, 3.05) is 13.2 Å². The van der Waals surface area contributed by atoms with E-state index in [4.69, 9.17) is 23.7 Å². The molecular weight excluding hydrogens is 464 g/mol. The van der Waals surface area contributed by atoms with Gasteiger partial charge in [-0.3, -0.25) is 14.4 Å². The first-order valence-electron chi connectivity index (χ1n) is 11.3. The molecule has 0 bridgehead atoms. The van der Waals surface area contributed by atoms with Crippen LogP contribution in [0.4, 0.5) is 0 Å². The number of ether oxygens (including phenoxy) is 5. The molecule has 3 aliphatic rings. The van der Waals surface area contributed by atoms with Gasteiger partial charge in [0.05, 0.1) is 11.7 Å². The maximum absolute atomic E-state index is 12.8. The number of ketones is 1. The highest BCUT2D eigenvalue weighted by atomic mass is 16.7. The summed E-state index contributed by atoms with van der Waals surface area (Å²) in [4.78, 5) is 60.7. The van der Waals surface area contributed by atoms with Crippen molar-refractivity contribution in [3.8, 4) is 0 Å². The second-order valence-corrected chi connectivity index (χ2v) is 9.28. The van der Waals surface area contributed by atoms with Crippen LogP contribution in [0.2, 0.25) is 0 Å². The van der Waals surface area contributed by atoms with Crippen molar-refractivity contribution in [1.29, 1.82) is 0 Å². The lowest BCUT2D eigenvalue weighted by Gasteiger charge is -2.28. The van der Waals surface area contributed by atoms with Crippen molar-refractivity contribution in [3.63, 3.8) is 0 Å². The molecule has 0 aromatic carbocycles. The van der Waals surface area contributed by atoms with Gasteiger partial charge in [0.2, 0.25) is 0 Å². The fourth-order valence-electron chi connectivity index (χ4n) is 4.25. The Morgan fingerprint density at radius 2 is 1.80 bits per heavy atom. The second kappa shape index (κ2) is 10.3. The monoisotopic (exact) mass is 494 g/mol. The van der Waals surface area contributed by atoms with E-state index >= 15 is 0 Å². The topological polar surface area (TPSA) is 155 Å². The van der Waals surface area contributed by atoms with Gasteiger partial charge in [0.25, 0.3) is 0 Å². The summed E-state index contributed by atoms with van der Waals surface area (Å²) in [5, 5.41) is 10.6. The van der Waals surface area contributed by atoms with Gasteiger partial charge in [-0.05, 0) is 25.8 Å². The first kappa shape index (κ1) is 26.6.